The van der Waals surface area contributed by atoms with Crippen molar-refractivity contribution in [2.24, 2.45) is 0 Å². The zero-order valence-electron chi connectivity index (χ0n) is 15.1. The second-order valence-electron chi connectivity index (χ2n) is 6.29. The molecule has 0 aromatic heterocycles. The number of hydrogen-bond acceptors (Lipinski definition) is 4. The van der Waals surface area contributed by atoms with Gasteiger partial charge in [0, 0.05) is 31.2 Å². The summed E-state index contributed by atoms with van der Waals surface area (Å²) in [6, 6.07) is 6.84. The van der Waals surface area contributed by atoms with E-state index >= 15 is 0 Å². The fraction of sp³-hybridized carbons (Fsp3) is 0.556. The van der Waals surface area contributed by atoms with E-state index in [1.165, 1.54) is 0 Å². The van der Waals surface area contributed by atoms with Crippen LogP contribution in [0.1, 0.15) is 27.2 Å². The van der Waals surface area contributed by atoms with E-state index in [-0.39, 0.29) is 43.6 Å². The monoisotopic (exact) mass is 349 g/mol. The molecule has 25 heavy (non-hydrogen) atoms. The number of aliphatic hydroxyl groups is 1. The normalized spacial score (nSPS) is 17.1. The predicted molar refractivity (Wildman–Crippen MR) is 95.8 cm³/mol. The lowest BCUT2D eigenvalue weighted by Gasteiger charge is -2.27. The maximum absolute atomic E-state index is 12.4. The highest BCUT2D eigenvalue weighted by Gasteiger charge is 2.32. The number of nitrogens with zero attached hydrogens (tertiary/aromatic N) is 2. The Morgan fingerprint density at radius 3 is 2.64 bits per heavy atom. The molecule has 1 atom stereocenters. The Kier molecular flexibility index (Phi) is 6.64. The second-order valence-corrected chi connectivity index (χ2v) is 6.29. The molecule has 1 saturated heterocycles. The van der Waals surface area contributed by atoms with Crippen LogP contribution < -0.4 is 15.0 Å². The molecule has 138 valence electrons. The number of benzene rings is 1. The quantitative estimate of drug-likeness (QED) is 0.783. The minimum Gasteiger partial charge on any atom is -0.494 e. The molecule has 0 unspecified atom stereocenters. The molecule has 2 rings (SSSR count). The first kappa shape index (κ1) is 19.1. The number of anilines is 1. The van der Waals surface area contributed by atoms with Gasteiger partial charge in [-0.3, -0.25) is 4.79 Å². The van der Waals surface area contributed by atoms with E-state index in [0.29, 0.717) is 13.2 Å². The summed E-state index contributed by atoms with van der Waals surface area (Å²) in [7, 11) is 0. The van der Waals surface area contributed by atoms with E-state index in [4.69, 9.17) is 9.84 Å². The van der Waals surface area contributed by atoms with Gasteiger partial charge in [0.1, 0.15) is 5.75 Å². The summed E-state index contributed by atoms with van der Waals surface area (Å²) in [4.78, 5) is 27.9. The Bertz CT molecular complexity index is 588. The van der Waals surface area contributed by atoms with Gasteiger partial charge in [0.2, 0.25) is 5.91 Å². The van der Waals surface area contributed by atoms with Crippen LogP contribution in [0.5, 0.6) is 5.75 Å². The third-order valence-electron chi connectivity index (χ3n) is 4.14. The number of carbonyl (C=O) groups is 2. The van der Waals surface area contributed by atoms with Crippen molar-refractivity contribution < 1.29 is 19.4 Å². The summed E-state index contributed by atoms with van der Waals surface area (Å²) in [5.41, 5.74) is 0.793. The highest BCUT2D eigenvalue weighted by molar-refractivity contribution is 5.96. The van der Waals surface area contributed by atoms with Crippen molar-refractivity contribution in [3.8, 4) is 5.75 Å². The third kappa shape index (κ3) is 4.85. The number of urea groups is 1. The van der Waals surface area contributed by atoms with E-state index in [1.807, 2.05) is 45.0 Å². The molecule has 2 N–H and O–H groups in total. The molecule has 1 fully saturated rings. The van der Waals surface area contributed by atoms with Crippen molar-refractivity contribution in [3.05, 3.63) is 24.3 Å². The van der Waals surface area contributed by atoms with Gasteiger partial charge in [-0.15, -0.1) is 0 Å². The predicted octanol–water partition coefficient (Wildman–Crippen LogP) is 1.60. The summed E-state index contributed by atoms with van der Waals surface area (Å²) in [5.74, 6) is 0.743. The Labute approximate surface area is 148 Å². The maximum atomic E-state index is 12.4. The lowest BCUT2D eigenvalue weighted by molar-refractivity contribution is -0.117. The summed E-state index contributed by atoms with van der Waals surface area (Å²) in [6.07, 6.45) is 0.268. The molecule has 7 nitrogen and oxygen atoms in total. The Hall–Kier alpha value is -2.28. The molecule has 0 saturated carbocycles. The van der Waals surface area contributed by atoms with Gasteiger partial charge in [-0.1, -0.05) is 0 Å². The number of amides is 3. The van der Waals surface area contributed by atoms with Crippen LogP contribution in [0.15, 0.2) is 24.3 Å². The molecule has 0 radical (unpaired) electrons. The van der Waals surface area contributed by atoms with Crippen LogP contribution in [-0.4, -0.2) is 60.3 Å². The number of carbonyl (C=O) groups excluding carboxylic acids is 2. The van der Waals surface area contributed by atoms with E-state index in [0.717, 1.165) is 11.4 Å². The van der Waals surface area contributed by atoms with Crippen LogP contribution in [0, 0.1) is 0 Å². The average Bonchev–Trinajstić information content (AvgIpc) is 2.93. The first-order valence-electron chi connectivity index (χ1n) is 8.67. The summed E-state index contributed by atoms with van der Waals surface area (Å²) in [5, 5.41) is 12.0. The van der Waals surface area contributed by atoms with Crippen molar-refractivity contribution in [2.45, 2.75) is 39.3 Å². The summed E-state index contributed by atoms with van der Waals surface area (Å²) >= 11 is 0. The SMILES string of the molecule is CCOc1ccc(N2C[C@H](NC(=O)N(CCO)C(C)C)CC2=O)cc1. The van der Waals surface area contributed by atoms with Gasteiger partial charge in [0.15, 0.2) is 0 Å². The molecule has 1 aliphatic heterocycles. The van der Waals surface area contributed by atoms with Crippen molar-refractivity contribution in [2.75, 3.05) is 31.2 Å². The van der Waals surface area contributed by atoms with E-state index < -0.39 is 0 Å². The van der Waals surface area contributed by atoms with Gasteiger partial charge >= 0.3 is 6.03 Å². The molecule has 0 aliphatic carbocycles. The van der Waals surface area contributed by atoms with Crippen molar-refractivity contribution >= 4 is 17.6 Å². The number of hydrogen-bond donors (Lipinski definition) is 2. The molecular formula is C18H27N3O4. The molecule has 0 bridgehead atoms. The van der Waals surface area contributed by atoms with E-state index in [2.05, 4.69) is 5.32 Å². The highest BCUT2D eigenvalue weighted by atomic mass is 16.5. The highest BCUT2D eigenvalue weighted by Crippen LogP contribution is 2.24. The number of nitrogens with one attached hydrogen (secondary N) is 1. The summed E-state index contributed by atoms with van der Waals surface area (Å²) in [6.45, 7) is 6.91. The first-order valence-corrected chi connectivity index (χ1v) is 8.67. The Morgan fingerprint density at radius 1 is 1.40 bits per heavy atom. The van der Waals surface area contributed by atoms with Crippen LogP contribution in [0.25, 0.3) is 0 Å². The van der Waals surface area contributed by atoms with Crippen LogP contribution in [0.4, 0.5) is 10.5 Å². The molecule has 0 spiro atoms. The molecule has 1 aromatic rings. The van der Waals surface area contributed by atoms with Crippen molar-refractivity contribution in [3.63, 3.8) is 0 Å². The van der Waals surface area contributed by atoms with Crippen LogP contribution in [-0.2, 0) is 4.79 Å². The van der Waals surface area contributed by atoms with Crippen LogP contribution >= 0.6 is 0 Å². The molecule has 1 aliphatic rings. The fourth-order valence-electron chi connectivity index (χ4n) is 2.90. The van der Waals surface area contributed by atoms with Crippen LogP contribution in [0.2, 0.25) is 0 Å². The zero-order valence-corrected chi connectivity index (χ0v) is 15.1. The molecule has 3 amide bonds. The topological polar surface area (TPSA) is 82.1 Å². The number of aliphatic hydroxyl groups excluding tert-OH is 1. The fourth-order valence-corrected chi connectivity index (χ4v) is 2.90. The molecule has 7 heteroatoms. The Morgan fingerprint density at radius 2 is 2.08 bits per heavy atom. The zero-order chi connectivity index (χ0) is 18.4. The van der Waals surface area contributed by atoms with Crippen LogP contribution in [0.3, 0.4) is 0 Å². The Balaban J connectivity index is 1.98. The maximum Gasteiger partial charge on any atom is 0.318 e. The third-order valence-corrected chi connectivity index (χ3v) is 4.14. The van der Waals surface area contributed by atoms with E-state index in [1.54, 1.807) is 9.80 Å². The van der Waals surface area contributed by atoms with Gasteiger partial charge in [-0.25, -0.2) is 4.79 Å². The number of rotatable bonds is 7. The van der Waals surface area contributed by atoms with Gasteiger partial charge in [0.05, 0.1) is 19.3 Å². The van der Waals surface area contributed by atoms with Gasteiger partial charge in [0.25, 0.3) is 0 Å². The first-order chi connectivity index (χ1) is 12.0. The van der Waals surface area contributed by atoms with Crippen molar-refractivity contribution in [1.29, 1.82) is 0 Å². The molecule has 1 aromatic carbocycles. The van der Waals surface area contributed by atoms with E-state index in [9.17, 15) is 9.59 Å². The van der Waals surface area contributed by atoms with Gasteiger partial charge in [-0.2, -0.15) is 0 Å². The van der Waals surface area contributed by atoms with Gasteiger partial charge in [-0.05, 0) is 45.0 Å². The lowest BCUT2D eigenvalue weighted by Crippen LogP contribution is -2.49. The van der Waals surface area contributed by atoms with Crippen molar-refractivity contribution in [1.82, 2.24) is 10.2 Å². The standard InChI is InChI=1S/C18H27N3O4/c1-4-25-16-7-5-15(6-8-16)21-12-14(11-17(21)23)19-18(24)20(9-10-22)13(2)3/h5-8,13-14,22H,4,9-12H2,1-3H3,(H,19,24)/t14-/m1/s1. The largest absolute Gasteiger partial charge is 0.494 e. The minimum atomic E-state index is -0.254. The second kappa shape index (κ2) is 8.71. The number of ether oxygens (including phenoxy) is 1. The molecule has 1 heterocycles. The lowest BCUT2D eigenvalue weighted by atomic mass is 10.2. The average molecular weight is 349 g/mol. The molecular weight excluding hydrogens is 322 g/mol. The smallest absolute Gasteiger partial charge is 0.318 e. The summed E-state index contributed by atoms with van der Waals surface area (Å²) < 4.78 is 5.41. The minimum absolute atomic E-state index is 0.0206. The van der Waals surface area contributed by atoms with Gasteiger partial charge < -0.3 is 25.0 Å².